The van der Waals surface area contributed by atoms with E-state index in [0.717, 1.165) is 13.1 Å². The van der Waals surface area contributed by atoms with Gasteiger partial charge in [0.15, 0.2) is 6.39 Å². The van der Waals surface area contributed by atoms with Crippen LogP contribution < -0.4 is 5.32 Å². The van der Waals surface area contributed by atoms with Crippen LogP contribution in [0.2, 0.25) is 0 Å². The summed E-state index contributed by atoms with van der Waals surface area (Å²) in [7, 11) is 0. The highest BCUT2D eigenvalue weighted by Crippen LogP contribution is 2.20. The second-order valence-electron chi connectivity index (χ2n) is 4.71. The number of piperazine rings is 1. The number of nitrogens with zero attached hydrogens (tertiary/aromatic N) is 2. The maximum absolute atomic E-state index is 12.3. The van der Waals surface area contributed by atoms with Gasteiger partial charge in [-0.3, -0.25) is 4.79 Å². The summed E-state index contributed by atoms with van der Waals surface area (Å²) in [6.45, 7) is 8.19. The van der Waals surface area contributed by atoms with Gasteiger partial charge in [0.1, 0.15) is 0 Å². The molecule has 5 nitrogen and oxygen atoms in total. The summed E-state index contributed by atoms with van der Waals surface area (Å²) in [5, 5.41) is 3.28. The van der Waals surface area contributed by atoms with Gasteiger partial charge in [0, 0.05) is 19.6 Å². The molecule has 1 fully saturated rings. The molecule has 0 atom stereocenters. The molecule has 0 bridgehead atoms. The third kappa shape index (κ3) is 1.82. The second kappa shape index (κ2) is 3.90. The molecule has 1 aliphatic heterocycles. The van der Waals surface area contributed by atoms with Gasteiger partial charge in [-0.2, -0.15) is 0 Å². The van der Waals surface area contributed by atoms with Crippen molar-refractivity contribution in [3.63, 3.8) is 0 Å². The van der Waals surface area contributed by atoms with E-state index < -0.39 is 0 Å². The van der Waals surface area contributed by atoms with E-state index in [2.05, 4.69) is 10.3 Å². The number of rotatable bonds is 1. The molecule has 88 valence electrons. The Morgan fingerprint density at radius 1 is 1.62 bits per heavy atom. The molecule has 5 heteroatoms. The molecule has 1 N–H and O–H groups in total. The summed E-state index contributed by atoms with van der Waals surface area (Å²) in [5.41, 5.74) is 0.466. The average Bonchev–Trinajstić information content (AvgIpc) is 2.63. The third-order valence-corrected chi connectivity index (χ3v) is 2.99. The summed E-state index contributed by atoms with van der Waals surface area (Å²) < 4.78 is 5.15. The fourth-order valence-corrected chi connectivity index (χ4v) is 1.99. The Balaban J connectivity index is 2.24. The molecule has 16 heavy (non-hydrogen) atoms. The Labute approximate surface area is 94.8 Å². The number of hydrogen-bond donors (Lipinski definition) is 1. The van der Waals surface area contributed by atoms with E-state index in [1.54, 1.807) is 6.92 Å². The highest BCUT2D eigenvalue weighted by atomic mass is 16.3. The molecular formula is C11H17N3O2. The average molecular weight is 223 g/mol. The first-order chi connectivity index (χ1) is 7.52. The van der Waals surface area contributed by atoms with Crippen LogP contribution in [0.15, 0.2) is 10.8 Å². The van der Waals surface area contributed by atoms with Gasteiger partial charge in [-0.05, 0) is 20.8 Å². The fraction of sp³-hybridized carbons (Fsp3) is 0.636. The van der Waals surface area contributed by atoms with Crippen molar-refractivity contribution in [1.29, 1.82) is 0 Å². The van der Waals surface area contributed by atoms with Crippen LogP contribution in [0.5, 0.6) is 0 Å². The van der Waals surface area contributed by atoms with Gasteiger partial charge in [-0.15, -0.1) is 0 Å². The van der Waals surface area contributed by atoms with Crippen molar-refractivity contribution in [2.45, 2.75) is 26.3 Å². The lowest BCUT2D eigenvalue weighted by atomic mass is 9.99. The van der Waals surface area contributed by atoms with Gasteiger partial charge >= 0.3 is 0 Å². The molecule has 0 aromatic carbocycles. The van der Waals surface area contributed by atoms with Crippen LogP contribution in [-0.2, 0) is 0 Å². The van der Waals surface area contributed by atoms with Crippen LogP contribution in [0.25, 0.3) is 0 Å². The van der Waals surface area contributed by atoms with E-state index in [0.29, 0.717) is 18.0 Å². The zero-order valence-electron chi connectivity index (χ0n) is 9.91. The van der Waals surface area contributed by atoms with Crippen molar-refractivity contribution >= 4 is 5.91 Å². The van der Waals surface area contributed by atoms with E-state index in [1.165, 1.54) is 6.39 Å². The minimum absolute atomic E-state index is 0.0681. The minimum atomic E-state index is -0.186. The number of oxazole rings is 1. The SMILES string of the molecule is Cc1ncoc1C(=O)N1CCNCC1(C)C. The molecule has 0 unspecified atom stereocenters. The Bertz CT molecular complexity index is 398. The molecule has 1 saturated heterocycles. The summed E-state index contributed by atoms with van der Waals surface area (Å²) in [5.74, 6) is 0.288. The van der Waals surface area contributed by atoms with E-state index in [-0.39, 0.29) is 11.4 Å². The van der Waals surface area contributed by atoms with Crippen molar-refractivity contribution in [2.24, 2.45) is 0 Å². The maximum atomic E-state index is 12.3. The smallest absolute Gasteiger partial charge is 0.292 e. The first-order valence-electron chi connectivity index (χ1n) is 5.45. The summed E-state index contributed by atoms with van der Waals surface area (Å²) in [6.07, 6.45) is 1.32. The minimum Gasteiger partial charge on any atom is -0.438 e. The molecule has 0 aliphatic carbocycles. The van der Waals surface area contributed by atoms with Crippen molar-refractivity contribution in [2.75, 3.05) is 19.6 Å². The van der Waals surface area contributed by atoms with Crippen molar-refractivity contribution in [3.8, 4) is 0 Å². The lowest BCUT2D eigenvalue weighted by Crippen LogP contribution is -2.59. The first kappa shape index (κ1) is 11.1. The molecule has 0 radical (unpaired) electrons. The number of carbonyl (C=O) groups excluding carboxylic acids is 1. The fourth-order valence-electron chi connectivity index (χ4n) is 1.99. The van der Waals surface area contributed by atoms with Crippen LogP contribution in [0.4, 0.5) is 0 Å². The van der Waals surface area contributed by atoms with Crippen LogP contribution in [0.1, 0.15) is 30.1 Å². The molecular weight excluding hydrogens is 206 g/mol. The highest BCUT2D eigenvalue weighted by Gasteiger charge is 2.35. The number of carbonyl (C=O) groups is 1. The molecule has 0 spiro atoms. The van der Waals surface area contributed by atoms with Crippen LogP contribution >= 0.6 is 0 Å². The normalized spacial score (nSPS) is 19.8. The Hall–Kier alpha value is -1.36. The topological polar surface area (TPSA) is 58.4 Å². The number of nitrogens with one attached hydrogen (secondary N) is 1. The van der Waals surface area contributed by atoms with Gasteiger partial charge in [-0.1, -0.05) is 0 Å². The summed E-state index contributed by atoms with van der Waals surface area (Å²) in [6, 6.07) is 0. The van der Waals surface area contributed by atoms with Gasteiger partial charge in [0.2, 0.25) is 5.76 Å². The Morgan fingerprint density at radius 3 is 2.94 bits per heavy atom. The lowest BCUT2D eigenvalue weighted by molar-refractivity contribution is 0.0445. The lowest BCUT2D eigenvalue weighted by Gasteiger charge is -2.42. The van der Waals surface area contributed by atoms with Gasteiger partial charge in [0.25, 0.3) is 5.91 Å². The summed E-state index contributed by atoms with van der Waals surface area (Å²) in [4.78, 5) is 18.1. The van der Waals surface area contributed by atoms with Gasteiger partial charge in [0.05, 0.1) is 11.2 Å². The quantitative estimate of drug-likeness (QED) is 0.765. The van der Waals surface area contributed by atoms with Gasteiger partial charge < -0.3 is 14.6 Å². The second-order valence-corrected chi connectivity index (χ2v) is 4.71. The number of aryl methyl sites for hydroxylation is 1. The van der Waals surface area contributed by atoms with E-state index in [4.69, 9.17) is 4.42 Å². The highest BCUT2D eigenvalue weighted by molar-refractivity contribution is 5.93. The van der Waals surface area contributed by atoms with Crippen molar-refractivity contribution < 1.29 is 9.21 Å². The van der Waals surface area contributed by atoms with Crippen LogP contribution in [0.3, 0.4) is 0 Å². The van der Waals surface area contributed by atoms with Crippen molar-refractivity contribution in [1.82, 2.24) is 15.2 Å². The van der Waals surface area contributed by atoms with E-state index in [1.807, 2.05) is 18.7 Å². The zero-order chi connectivity index (χ0) is 11.8. The standard InChI is InChI=1S/C11H17N3O2/c1-8-9(16-7-13-8)10(15)14-5-4-12-6-11(14,2)3/h7,12H,4-6H2,1-3H3. The largest absolute Gasteiger partial charge is 0.438 e. The van der Waals surface area contributed by atoms with E-state index >= 15 is 0 Å². The molecule has 0 saturated carbocycles. The molecule has 2 rings (SSSR count). The van der Waals surface area contributed by atoms with Crippen LogP contribution in [0, 0.1) is 6.92 Å². The number of aromatic nitrogens is 1. The van der Waals surface area contributed by atoms with Gasteiger partial charge in [-0.25, -0.2) is 4.98 Å². The zero-order valence-corrected chi connectivity index (χ0v) is 9.91. The predicted octanol–water partition coefficient (Wildman–Crippen LogP) is 0.807. The Kier molecular flexibility index (Phi) is 2.71. The molecule has 2 heterocycles. The summed E-state index contributed by atoms with van der Waals surface area (Å²) >= 11 is 0. The Morgan fingerprint density at radius 2 is 2.38 bits per heavy atom. The molecule has 1 amide bonds. The first-order valence-corrected chi connectivity index (χ1v) is 5.45. The maximum Gasteiger partial charge on any atom is 0.292 e. The van der Waals surface area contributed by atoms with Crippen LogP contribution in [-0.4, -0.2) is 41.0 Å². The van der Waals surface area contributed by atoms with Crippen molar-refractivity contribution in [3.05, 3.63) is 17.8 Å². The molecule has 1 aliphatic rings. The monoisotopic (exact) mass is 223 g/mol. The third-order valence-electron chi connectivity index (χ3n) is 2.99. The molecule has 1 aromatic heterocycles. The number of amides is 1. The molecule has 1 aromatic rings. The number of hydrogen-bond acceptors (Lipinski definition) is 4. The predicted molar refractivity (Wildman–Crippen MR) is 59.2 cm³/mol. The van der Waals surface area contributed by atoms with E-state index in [9.17, 15) is 4.79 Å².